The fraction of sp³-hybridized carbons (Fsp3) is 0.250. The van der Waals surface area contributed by atoms with Crippen molar-refractivity contribution in [1.29, 1.82) is 0 Å². The van der Waals surface area contributed by atoms with Crippen LogP contribution in [0.3, 0.4) is 0 Å². The Morgan fingerprint density at radius 3 is 2.51 bits per heavy atom. The third-order valence-corrected chi connectivity index (χ3v) is 6.61. The molecule has 0 N–H and O–H groups in total. The van der Waals surface area contributed by atoms with Crippen LogP contribution in [0.5, 0.6) is 0 Å². The summed E-state index contributed by atoms with van der Waals surface area (Å²) in [6.07, 6.45) is 1.62. The molecule has 1 amide bonds. The van der Waals surface area contributed by atoms with Gasteiger partial charge in [-0.2, -0.15) is 4.98 Å². The number of benzene rings is 2. The highest BCUT2D eigenvalue weighted by Crippen LogP contribution is 2.34. The first-order valence-electron chi connectivity index (χ1n) is 10.8. The Labute approximate surface area is 216 Å². The van der Waals surface area contributed by atoms with Crippen LogP contribution >= 0.6 is 34.8 Å². The molecule has 1 saturated heterocycles. The molecule has 1 aliphatic heterocycles. The summed E-state index contributed by atoms with van der Waals surface area (Å²) < 4.78 is 10.4. The summed E-state index contributed by atoms with van der Waals surface area (Å²) in [5.74, 6) is 0.510. The molecular weight excluding hydrogens is 513 g/mol. The van der Waals surface area contributed by atoms with Crippen LogP contribution in [0.4, 0.5) is 5.69 Å². The number of hydrogen-bond acceptors (Lipinski definition) is 7. The van der Waals surface area contributed by atoms with Crippen LogP contribution in [0.25, 0.3) is 33.8 Å². The average molecular weight is 533 g/mol. The van der Waals surface area contributed by atoms with Gasteiger partial charge in [-0.15, -0.1) is 0 Å². The lowest BCUT2D eigenvalue weighted by atomic mass is 10.00. The van der Waals surface area contributed by atoms with E-state index in [1.807, 2.05) is 48.5 Å². The lowest BCUT2D eigenvalue weighted by molar-refractivity contribution is -0.129. The highest BCUT2D eigenvalue weighted by Gasteiger charge is 2.27. The SMILES string of the molecule is CC(=O)N1CCN(c2ccc(-c3conc3-c3cccc(-c4noc(C(Cl)Cl)n4)c3)cc2)CC1Cl. The van der Waals surface area contributed by atoms with Crippen LogP contribution in [0.1, 0.15) is 17.7 Å². The van der Waals surface area contributed by atoms with Crippen molar-refractivity contribution in [2.75, 3.05) is 24.5 Å². The quantitative estimate of drug-likeness (QED) is 0.238. The van der Waals surface area contributed by atoms with E-state index in [4.69, 9.17) is 43.8 Å². The van der Waals surface area contributed by atoms with Crippen molar-refractivity contribution in [3.05, 3.63) is 60.7 Å². The molecule has 0 radical (unpaired) electrons. The van der Waals surface area contributed by atoms with Crippen molar-refractivity contribution in [1.82, 2.24) is 20.2 Å². The number of alkyl halides is 3. The lowest BCUT2D eigenvalue weighted by Gasteiger charge is -2.39. The van der Waals surface area contributed by atoms with Gasteiger partial charge in [-0.3, -0.25) is 4.79 Å². The molecule has 5 rings (SSSR count). The minimum Gasteiger partial charge on any atom is -0.366 e. The Hall–Kier alpha value is -3.07. The molecule has 1 atom stereocenters. The summed E-state index contributed by atoms with van der Waals surface area (Å²) in [6.45, 7) is 3.42. The highest BCUT2D eigenvalue weighted by atomic mass is 35.5. The minimum absolute atomic E-state index is 0.00822. The molecule has 0 aliphatic carbocycles. The maximum absolute atomic E-state index is 11.7. The molecule has 180 valence electrons. The van der Waals surface area contributed by atoms with E-state index in [0.29, 0.717) is 24.6 Å². The standard InChI is InChI=1S/C24H20Cl3N5O3/c1-14(33)32-10-9-31(12-20(32)25)18-7-5-15(6-8-18)19-13-34-29-21(19)16-3-2-4-17(11-16)23-28-24(22(26)27)35-30-23/h2-8,11,13,20,22H,9-10,12H2,1H3. The summed E-state index contributed by atoms with van der Waals surface area (Å²) >= 11 is 18.0. The second-order valence-electron chi connectivity index (χ2n) is 8.05. The summed E-state index contributed by atoms with van der Waals surface area (Å²) in [5.41, 5.74) is 4.73. The number of anilines is 1. The summed E-state index contributed by atoms with van der Waals surface area (Å²) in [6, 6.07) is 15.7. The Morgan fingerprint density at radius 1 is 1.06 bits per heavy atom. The van der Waals surface area contributed by atoms with Crippen LogP contribution in [0, 0.1) is 0 Å². The number of nitrogens with zero attached hydrogens (tertiary/aromatic N) is 5. The van der Waals surface area contributed by atoms with Crippen molar-refractivity contribution < 1.29 is 13.8 Å². The molecule has 0 spiro atoms. The van der Waals surface area contributed by atoms with E-state index in [0.717, 1.165) is 34.5 Å². The van der Waals surface area contributed by atoms with Crippen molar-refractivity contribution >= 4 is 46.4 Å². The van der Waals surface area contributed by atoms with E-state index in [-0.39, 0.29) is 17.3 Å². The molecule has 1 aliphatic rings. The van der Waals surface area contributed by atoms with Crippen LogP contribution in [-0.4, -0.2) is 51.2 Å². The molecular formula is C24H20Cl3N5O3. The number of halogens is 3. The van der Waals surface area contributed by atoms with Crippen LogP contribution in [0.15, 0.2) is 63.8 Å². The number of hydrogen-bond donors (Lipinski definition) is 0. The zero-order valence-electron chi connectivity index (χ0n) is 18.6. The van der Waals surface area contributed by atoms with Gasteiger partial charge in [0.1, 0.15) is 17.5 Å². The second-order valence-corrected chi connectivity index (χ2v) is 9.65. The predicted octanol–water partition coefficient (Wildman–Crippen LogP) is 5.77. The van der Waals surface area contributed by atoms with Crippen molar-refractivity contribution in [2.45, 2.75) is 17.3 Å². The average Bonchev–Trinajstić information content (AvgIpc) is 3.54. The molecule has 1 unspecified atom stereocenters. The minimum atomic E-state index is -0.891. The summed E-state index contributed by atoms with van der Waals surface area (Å²) in [5, 5.41) is 8.18. The van der Waals surface area contributed by atoms with Gasteiger partial charge in [-0.05, 0) is 23.8 Å². The zero-order chi connectivity index (χ0) is 24.5. The van der Waals surface area contributed by atoms with Gasteiger partial charge >= 0.3 is 0 Å². The molecule has 35 heavy (non-hydrogen) atoms. The second kappa shape index (κ2) is 9.89. The fourth-order valence-electron chi connectivity index (χ4n) is 4.08. The van der Waals surface area contributed by atoms with Crippen LogP contribution in [-0.2, 0) is 4.79 Å². The largest absolute Gasteiger partial charge is 0.366 e. The van der Waals surface area contributed by atoms with Crippen molar-refractivity contribution in [2.24, 2.45) is 0 Å². The van der Waals surface area contributed by atoms with Gasteiger partial charge in [-0.25, -0.2) is 0 Å². The van der Waals surface area contributed by atoms with Gasteiger partial charge < -0.3 is 18.8 Å². The first kappa shape index (κ1) is 23.7. The maximum atomic E-state index is 11.7. The van der Waals surface area contributed by atoms with Gasteiger partial charge in [0, 0.05) is 42.4 Å². The normalized spacial score (nSPS) is 16.2. The number of carbonyl (C=O) groups is 1. The van der Waals surface area contributed by atoms with E-state index in [2.05, 4.69) is 20.2 Å². The molecule has 11 heteroatoms. The topological polar surface area (TPSA) is 88.5 Å². The Morgan fingerprint density at radius 2 is 1.83 bits per heavy atom. The number of rotatable bonds is 5. The van der Waals surface area contributed by atoms with Gasteiger partial charge in [0.2, 0.25) is 11.7 Å². The van der Waals surface area contributed by atoms with Gasteiger partial charge in [0.15, 0.2) is 4.84 Å². The van der Waals surface area contributed by atoms with Gasteiger partial charge in [0.25, 0.3) is 5.89 Å². The number of amides is 1. The van der Waals surface area contributed by atoms with E-state index < -0.39 is 4.84 Å². The first-order chi connectivity index (χ1) is 16.9. The molecule has 0 bridgehead atoms. The number of aromatic nitrogens is 3. The number of carbonyl (C=O) groups excluding carboxylic acids is 1. The lowest BCUT2D eigenvalue weighted by Crippen LogP contribution is -2.52. The van der Waals surface area contributed by atoms with Crippen LogP contribution in [0.2, 0.25) is 0 Å². The van der Waals surface area contributed by atoms with E-state index >= 15 is 0 Å². The molecule has 8 nitrogen and oxygen atoms in total. The fourth-order valence-corrected chi connectivity index (χ4v) is 4.66. The van der Waals surface area contributed by atoms with Gasteiger partial charge in [-0.1, -0.05) is 75.4 Å². The van der Waals surface area contributed by atoms with Crippen LogP contribution < -0.4 is 4.90 Å². The molecule has 4 aromatic rings. The molecule has 2 aromatic heterocycles. The summed E-state index contributed by atoms with van der Waals surface area (Å²) in [4.78, 5) is 18.9. The van der Waals surface area contributed by atoms with Gasteiger partial charge in [0.05, 0.1) is 6.54 Å². The third kappa shape index (κ3) is 4.87. The highest BCUT2D eigenvalue weighted by molar-refractivity contribution is 6.43. The van der Waals surface area contributed by atoms with E-state index in [1.165, 1.54) is 0 Å². The Balaban J connectivity index is 1.38. The number of piperazine rings is 1. The predicted molar refractivity (Wildman–Crippen MR) is 134 cm³/mol. The maximum Gasteiger partial charge on any atom is 0.260 e. The zero-order valence-corrected chi connectivity index (χ0v) is 20.8. The monoisotopic (exact) mass is 531 g/mol. The van der Waals surface area contributed by atoms with Crippen molar-refractivity contribution in [3.8, 4) is 33.8 Å². The molecule has 1 fully saturated rings. The molecule has 2 aromatic carbocycles. The molecule has 3 heterocycles. The Bertz CT molecular complexity index is 1340. The molecule has 0 saturated carbocycles. The van der Waals surface area contributed by atoms with Crippen molar-refractivity contribution in [3.63, 3.8) is 0 Å². The first-order valence-corrected chi connectivity index (χ1v) is 12.1. The van der Waals surface area contributed by atoms with E-state index in [1.54, 1.807) is 18.1 Å². The Kier molecular flexibility index (Phi) is 6.69. The summed E-state index contributed by atoms with van der Waals surface area (Å²) in [7, 11) is 0. The smallest absolute Gasteiger partial charge is 0.260 e. The third-order valence-electron chi connectivity index (χ3n) is 5.86. The van der Waals surface area contributed by atoms with E-state index in [9.17, 15) is 4.79 Å².